The van der Waals surface area contributed by atoms with E-state index in [1.807, 2.05) is 19.1 Å². The van der Waals surface area contributed by atoms with Gasteiger partial charge in [0.2, 0.25) is 5.91 Å². The van der Waals surface area contributed by atoms with Crippen LogP contribution in [0.1, 0.15) is 40.0 Å². The van der Waals surface area contributed by atoms with Crippen LogP contribution in [0.3, 0.4) is 0 Å². The molecular formula is C14H23NO. The van der Waals surface area contributed by atoms with Gasteiger partial charge in [0.05, 0.1) is 0 Å². The quantitative estimate of drug-likeness (QED) is 0.576. The number of carbonyl (C=O) groups is 1. The number of hydrogen-bond acceptors (Lipinski definition) is 1. The second-order valence-corrected chi connectivity index (χ2v) is 4.77. The van der Waals surface area contributed by atoms with Crippen LogP contribution in [-0.2, 0) is 4.79 Å². The van der Waals surface area contributed by atoms with Crippen molar-refractivity contribution in [2.24, 2.45) is 11.8 Å². The lowest BCUT2D eigenvalue weighted by Crippen LogP contribution is -2.43. The first-order valence-electron chi connectivity index (χ1n) is 6.25. The van der Waals surface area contributed by atoms with Crippen LogP contribution in [0, 0.1) is 11.8 Å². The van der Waals surface area contributed by atoms with E-state index in [2.05, 4.69) is 19.2 Å². The summed E-state index contributed by atoms with van der Waals surface area (Å²) in [6.07, 6.45) is 10.8. The number of nitrogens with one attached hydrogen (secondary N) is 1. The van der Waals surface area contributed by atoms with Gasteiger partial charge in [-0.3, -0.25) is 4.79 Å². The van der Waals surface area contributed by atoms with Crippen LogP contribution < -0.4 is 5.32 Å². The Hall–Kier alpha value is -1.05. The molecule has 1 saturated carbocycles. The third-order valence-corrected chi connectivity index (χ3v) is 3.59. The zero-order valence-corrected chi connectivity index (χ0v) is 10.6. The van der Waals surface area contributed by atoms with E-state index in [-0.39, 0.29) is 5.91 Å². The molecule has 0 aliphatic heterocycles. The van der Waals surface area contributed by atoms with E-state index in [1.165, 1.54) is 12.8 Å². The fraction of sp³-hybridized carbons (Fsp3) is 0.643. The van der Waals surface area contributed by atoms with E-state index in [0.717, 1.165) is 12.3 Å². The minimum atomic E-state index is 0.0315. The lowest BCUT2D eigenvalue weighted by molar-refractivity contribution is -0.117. The number of rotatable bonds is 3. The number of hydrogen-bond donors (Lipinski definition) is 1. The molecule has 0 bridgehead atoms. The average molecular weight is 221 g/mol. The molecule has 0 aromatic heterocycles. The van der Waals surface area contributed by atoms with Crippen LogP contribution in [0.4, 0.5) is 0 Å². The highest BCUT2D eigenvalue weighted by Gasteiger charge is 2.27. The first-order valence-corrected chi connectivity index (χ1v) is 6.25. The highest BCUT2D eigenvalue weighted by Crippen LogP contribution is 2.29. The topological polar surface area (TPSA) is 29.1 Å². The molecule has 1 amide bonds. The summed E-state index contributed by atoms with van der Waals surface area (Å²) in [5.41, 5.74) is 0. The fourth-order valence-electron chi connectivity index (χ4n) is 2.27. The Balaban J connectivity index is 2.43. The van der Waals surface area contributed by atoms with E-state index >= 15 is 0 Å². The molecule has 3 atom stereocenters. The molecule has 0 spiro atoms. The van der Waals surface area contributed by atoms with Crippen molar-refractivity contribution < 1.29 is 4.79 Å². The summed E-state index contributed by atoms with van der Waals surface area (Å²) >= 11 is 0. The Bertz CT molecular complexity index is 280. The molecule has 0 aromatic carbocycles. The zero-order valence-electron chi connectivity index (χ0n) is 10.6. The summed E-state index contributed by atoms with van der Waals surface area (Å²) in [7, 11) is 0. The standard InChI is InChI=1S/C14H23NO/c1-4-5-6-10-14(16)15-13-9-7-8-11(2)12(13)3/h4-6,10-13H,7-9H2,1-3H3,(H,15,16). The van der Waals surface area contributed by atoms with Gasteiger partial charge in [-0.2, -0.15) is 0 Å². The Morgan fingerprint density at radius 1 is 1.25 bits per heavy atom. The minimum absolute atomic E-state index is 0.0315. The first-order chi connectivity index (χ1) is 7.65. The maximum atomic E-state index is 11.6. The summed E-state index contributed by atoms with van der Waals surface area (Å²) < 4.78 is 0. The van der Waals surface area contributed by atoms with Crippen LogP contribution >= 0.6 is 0 Å². The van der Waals surface area contributed by atoms with Gasteiger partial charge in [-0.05, 0) is 25.2 Å². The van der Waals surface area contributed by atoms with Gasteiger partial charge in [-0.1, -0.05) is 44.9 Å². The summed E-state index contributed by atoms with van der Waals surface area (Å²) in [5.74, 6) is 1.34. The molecule has 1 rings (SSSR count). The van der Waals surface area contributed by atoms with Crippen molar-refractivity contribution in [3.05, 3.63) is 24.3 Å². The van der Waals surface area contributed by atoms with Gasteiger partial charge in [0.1, 0.15) is 0 Å². The normalized spacial score (nSPS) is 31.1. The molecule has 16 heavy (non-hydrogen) atoms. The van der Waals surface area contributed by atoms with E-state index in [9.17, 15) is 4.79 Å². The smallest absolute Gasteiger partial charge is 0.244 e. The monoisotopic (exact) mass is 221 g/mol. The summed E-state index contributed by atoms with van der Waals surface area (Å²) in [6, 6.07) is 0.353. The Morgan fingerprint density at radius 3 is 2.69 bits per heavy atom. The van der Waals surface area contributed by atoms with Crippen molar-refractivity contribution in [1.82, 2.24) is 5.32 Å². The second kappa shape index (κ2) is 6.51. The van der Waals surface area contributed by atoms with Gasteiger partial charge in [-0.25, -0.2) is 0 Å². The van der Waals surface area contributed by atoms with Gasteiger partial charge < -0.3 is 5.32 Å². The van der Waals surface area contributed by atoms with Gasteiger partial charge in [0.15, 0.2) is 0 Å². The van der Waals surface area contributed by atoms with Gasteiger partial charge in [0.25, 0.3) is 0 Å². The average Bonchev–Trinajstić information content (AvgIpc) is 2.25. The molecule has 0 saturated heterocycles. The summed E-state index contributed by atoms with van der Waals surface area (Å²) in [4.78, 5) is 11.6. The maximum Gasteiger partial charge on any atom is 0.244 e. The van der Waals surface area contributed by atoms with Crippen molar-refractivity contribution >= 4 is 5.91 Å². The van der Waals surface area contributed by atoms with Crippen LogP contribution in [0.25, 0.3) is 0 Å². The molecule has 2 heteroatoms. The maximum absolute atomic E-state index is 11.6. The predicted molar refractivity (Wildman–Crippen MR) is 68.1 cm³/mol. The van der Waals surface area contributed by atoms with Crippen LogP contribution in [0.15, 0.2) is 24.3 Å². The summed E-state index contributed by atoms with van der Waals surface area (Å²) in [5, 5.41) is 3.10. The molecule has 1 aliphatic rings. The molecule has 0 heterocycles. The van der Waals surface area contributed by atoms with Crippen LogP contribution in [-0.4, -0.2) is 11.9 Å². The molecule has 1 N–H and O–H groups in total. The molecule has 1 aliphatic carbocycles. The van der Waals surface area contributed by atoms with E-state index in [0.29, 0.717) is 12.0 Å². The van der Waals surface area contributed by atoms with Crippen LogP contribution in [0.2, 0.25) is 0 Å². The number of allylic oxidation sites excluding steroid dienone is 3. The van der Waals surface area contributed by atoms with E-state index < -0.39 is 0 Å². The van der Waals surface area contributed by atoms with Crippen molar-refractivity contribution in [3.8, 4) is 0 Å². The molecule has 0 radical (unpaired) electrons. The van der Waals surface area contributed by atoms with Crippen molar-refractivity contribution in [3.63, 3.8) is 0 Å². The number of amides is 1. The molecule has 3 unspecified atom stereocenters. The minimum Gasteiger partial charge on any atom is -0.350 e. The highest BCUT2D eigenvalue weighted by molar-refractivity contribution is 5.88. The third-order valence-electron chi connectivity index (χ3n) is 3.59. The van der Waals surface area contributed by atoms with Gasteiger partial charge in [-0.15, -0.1) is 0 Å². The first kappa shape index (κ1) is 13.0. The largest absolute Gasteiger partial charge is 0.350 e. The van der Waals surface area contributed by atoms with Gasteiger partial charge >= 0.3 is 0 Å². The van der Waals surface area contributed by atoms with Crippen LogP contribution in [0.5, 0.6) is 0 Å². The fourth-order valence-corrected chi connectivity index (χ4v) is 2.27. The van der Waals surface area contributed by atoms with Crippen molar-refractivity contribution in [2.45, 2.75) is 46.1 Å². The molecule has 2 nitrogen and oxygen atoms in total. The number of carbonyl (C=O) groups excluding carboxylic acids is 1. The lowest BCUT2D eigenvalue weighted by Gasteiger charge is -2.34. The highest BCUT2D eigenvalue weighted by atomic mass is 16.1. The predicted octanol–water partition coefficient (Wildman–Crippen LogP) is 3.06. The Kier molecular flexibility index (Phi) is 5.30. The van der Waals surface area contributed by atoms with Crippen molar-refractivity contribution in [1.29, 1.82) is 0 Å². The Morgan fingerprint density at radius 2 is 2.00 bits per heavy atom. The molecule has 1 fully saturated rings. The van der Waals surface area contributed by atoms with Crippen molar-refractivity contribution in [2.75, 3.05) is 0 Å². The summed E-state index contributed by atoms with van der Waals surface area (Å²) in [6.45, 7) is 6.45. The molecular weight excluding hydrogens is 198 g/mol. The SMILES string of the molecule is CC=CC=CC(=O)NC1CCCC(C)C1C. The Labute approximate surface area is 98.8 Å². The third kappa shape index (κ3) is 3.84. The molecule has 90 valence electrons. The molecule has 0 aromatic rings. The van der Waals surface area contributed by atoms with E-state index in [4.69, 9.17) is 0 Å². The lowest BCUT2D eigenvalue weighted by atomic mass is 9.78. The van der Waals surface area contributed by atoms with Gasteiger partial charge in [0, 0.05) is 12.1 Å². The zero-order chi connectivity index (χ0) is 12.0. The van der Waals surface area contributed by atoms with E-state index in [1.54, 1.807) is 12.2 Å². The second-order valence-electron chi connectivity index (χ2n) is 4.77.